The van der Waals surface area contributed by atoms with E-state index in [9.17, 15) is 9.59 Å². The van der Waals surface area contributed by atoms with Crippen molar-refractivity contribution in [2.45, 2.75) is 38.1 Å². The number of urea groups is 1. The minimum atomic E-state index is -1.14. The van der Waals surface area contributed by atoms with Gasteiger partial charge in [-0.15, -0.1) is 0 Å². The third kappa shape index (κ3) is 2.84. The van der Waals surface area contributed by atoms with Crippen molar-refractivity contribution in [2.24, 2.45) is 0 Å². The van der Waals surface area contributed by atoms with Gasteiger partial charge in [-0.2, -0.15) is 0 Å². The van der Waals surface area contributed by atoms with Crippen LogP contribution in [0, 0.1) is 0 Å². The van der Waals surface area contributed by atoms with E-state index in [-0.39, 0.29) is 6.04 Å². The van der Waals surface area contributed by atoms with Gasteiger partial charge in [0.25, 0.3) is 0 Å². The summed E-state index contributed by atoms with van der Waals surface area (Å²) >= 11 is 0. The zero-order valence-electron chi connectivity index (χ0n) is 9.27. The molecule has 0 spiro atoms. The molecule has 0 atom stereocenters. The van der Waals surface area contributed by atoms with E-state index in [4.69, 9.17) is 5.11 Å². The second-order valence-corrected chi connectivity index (χ2v) is 4.12. The summed E-state index contributed by atoms with van der Waals surface area (Å²) in [6.07, 6.45) is 3.61. The summed E-state index contributed by atoms with van der Waals surface area (Å²) in [5.74, 6) is 0. The van der Waals surface area contributed by atoms with Gasteiger partial charge in [0.1, 0.15) is 0 Å². The van der Waals surface area contributed by atoms with Gasteiger partial charge in [-0.1, -0.05) is 19.3 Å². The van der Waals surface area contributed by atoms with Crippen molar-refractivity contribution in [1.29, 1.82) is 0 Å². The molecule has 1 aliphatic rings. The molecule has 1 rings (SSSR count). The van der Waals surface area contributed by atoms with Crippen LogP contribution >= 0.6 is 0 Å². The number of imide groups is 1. The first-order valence-corrected chi connectivity index (χ1v) is 5.27. The summed E-state index contributed by atoms with van der Waals surface area (Å²) in [6.45, 7) is 0. The lowest BCUT2D eigenvalue weighted by molar-refractivity contribution is 0.110. The number of nitrogens with zero attached hydrogens (tertiary/aromatic N) is 2. The molecule has 15 heavy (non-hydrogen) atoms. The molecule has 1 saturated carbocycles. The lowest BCUT2D eigenvalue weighted by Gasteiger charge is -2.32. The molecule has 86 valence electrons. The summed E-state index contributed by atoms with van der Waals surface area (Å²) in [4.78, 5) is 25.0. The fraction of sp³-hybridized carbons (Fsp3) is 0.800. The minimum absolute atomic E-state index is 0.133. The van der Waals surface area contributed by atoms with Gasteiger partial charge < -0.3 is 10.0 Å². The maximum Gasteiger partial charge on any atom is 0.415 e. The Morgan fingerprint density at radius 2 is 1.67 bits per heavy atom. The number of hydrogen-bond acceptors (Lipinski definition) is 2. The van der Waals surface area contributed by atoms with Crippen molar-refractivity contribution in [1.82, 2.24) is 9.80 Å². The minimum Gasteiger partial charge on any atom is -0.465 e. The van der Waals surface area contributed by atoms with Crippen molar-refractivity contribution in [3.05, 3.63) is 0 Å². The molecule has 1 aliphatic carbocycles. The highest BCUT2D eigenvalue weighted by Gasteiger charge is 2.31. The molecule has 3 amide bonds. The fourth-order valence-corrected chi connectivity index (χ4v) is 1.95. The Labute approximate surface area is 89.7 Å². The van der Waals surface area contributed by atoms with Crippen LogP contribution in [0.2, 0.25) is 0 Å². The van der Waals surface area contributed by atoms with Crippen LogP contribution < -0.4 is 0 Å². The average Bonchev–Trinajstić information content (AvgIpc) is 2.18. The van der Waals surface area contributed by atoms with Crippen molar-refractivity contribution in [3.8, 4) is 0 Å². The lowest BCUT2D eigenvalue weighted by Crippen LogP contribution is -2.49. The van der Waals surface area contributed by atoms with E-state index < -0.39 is 12.1 Å². The second kappa shape index (κ2) is 5.00. The molecule has 0 saturated heterocycles. The molecule has 1 N–H and O–H groups in total. The molecule has 0 bridgehead atoms. The highest BCUT2D eigenvalue weighted by atomic mass is 16.4. The lowest BCUT2D eigenvalue weighted by atomic mass is 9.94. The normalized spacial score (nSPS) is 17.2. The van der Waals surface area contributed by atoms with Crippen LogP contribution in [-0.4, -0.2) is 47.2 Å². The third-order valence-corrected chi connectivity index (χ3v) is 2.73. The van der Waals surface area contributed by atoms with Gasteiger partial charge in [-0.3, -0.25) is 0 Å². The topological polar surface area (TPSA) is 60.9 Å². The summed E-state index contributed by atoms with van der Waals surface area (Å²) in [6, 6.07) is -0.569. The molecule has 0 aliphatic heterocycles. The molecule has 1 fully saturated rings. The predicted molar refractivity (Wildman–Crippen MR) is 55.8 cm³/mol. The molecule has 0 aromatic carbocycles. The van der Waals surface area contributed by atoms with Crippen LogP contribution in [0.5, 0.6) is 0 Å². The predicted octanol–water partition coefficient (Wildman–Crippen LogP) is 1.98. The number of carbonyl (C=O) groups excluding carboxylic acids is 1. The molecule has 0 heterocycles. The van der Waals surface area contributed by atoms with E-state index in [1.54, 1.807) is 14.1 Å². The van der Waals surface area contributed by atoms with E-state index in [2.05, 4.69) is 0 Å². The van der Waals surface area contributed by atoms with Crippen molar-refractivity contribution in [3.63, 3.8) is 0 Å². The average molecular weight is 214 g/mol. The van der Waals surface area contributed by atoms with E-state index in [1.165, 1.54) is 4.90 Å². The molecule has 0 aromatic rings. The number of rotatable bonds is 1. The summed E-state index contributed by atoms with van der Waals surface area (Å²) < 4.78 is 0. The van der Waals surface area contributed by atoms with Gasteiger partial charge in [0, 0.05) is 20.1 Å². The first-order valence-electron chi connectivity index (χ1n) is 5.27. The van der Waals surface area contributed by atoms with Crippen LogP contribution in [0.4, 0.5) is 9.59 Å². The number of carboxylic acid groups (broad SMARTS) is 1. The molecule has 5 heteroatoms. The first kappa shape index (κ1) is 11.8. The largest absolute Gasteiger partial charge is 0.465 e. The van der Waals surface area contributed by atoms with Crippen LogP contribution in [0.25, 0.3) is 0 Å². The van der Waals surface area contributed by atoms with E-state index in [0.29, 0.717) is 0 Å². The number of amides is 3. The third-order valence-electron chi connectivity index (χ3n) is 2.73. The summed E-state index contributed by atoms with van der Waals surface area (Å²) in [7, 11) is 3.14. The smallest absolute Gasteiger partial charge is 0.415 e. The molecular formula is C10H18N2O3. The Morgan fingerprint density at radius 3 is 2.07 bits per heavy atom. The Bertz CT molecular complexity index is 247. The van der Waals surface area contributed by atoms with Gasteiger partial charge >= 0.3 is 12.1 Å². The van der Waals surface area contributed by atoms with Crippen LogP contribution in [0.3, 0.4) is 0 Å². The van der Waals surface area contributed by atoms with Gasteiger partial charge in [-0.05, 0) is 12.8 Å². The first-order chi connectivity index (χ1) is 7.04. The van der Waals surface area contributed by atoms with Crippen molar-refractivity contribution < 1.29 is 14.7 Å². The monoisotopic (exact) mass is 214 g/mol. The highest BCUT2D eigenvalue weighted by molar-refractivity contribution is 5.90. The Hall–Kier alpha value is -1.26. The van der Waals surface area contributed by atoms with Crippen molar-refractivity contribution in [2.75, 3.05) is 14.1 Å². The van der Waals surface area contributed by atoms with Crippen molar-refractivity contribution >= 4 is 12.1 Å². The Balaban J connectivity index is 2.72. The second-order valence-electron chi connectivity index (χ2n) is 4.12. The van der Waals surface area contributed by atoms with Gasteiger partial charge in [0.15, 0.2) is 0 Å². The van der Waals surface area contributed by atoms with Crippen LogP contribution in [0.1, 0.15) is 32.1 Å². The number of carbonyl (C=O) groups is 2. The van der Waals surface area contributed by atoms with E-state index in [1.807, 2.05) is 0 Å². The SMILES string of the molecule is CN(C)C(=O)N(C(=O)O)C1CCCCC1. The zero-order chi connectivity index (χ0) is 11.4. The number of hydrogen-bond donors (Lipinski definition) is 1. The Kier molecular flexibility index (Phi) is 3.94. The van der Waals surface area contributed by atoms with Gasteiger partial charge in [-0.25, -0.2) is 14.5 Å². The van der Waals surface area contributed by atoms with Gasteiger partial charge in [0.2, 0.25) is 0 Å². The zero-order valence-corrected chi connectivity index (χ0v) is 9.27. The van der Waals surface area contributed by atoms with Crippen LogP contribution in [0.15, 0.2) is 0 Å². The van der Waals surface area contributed by atoms with Gasteiger partial charge in [0.05, 0.1) is 0 Å². The van der Waals surface area contributed by atoms with E-state index >= 15 is 0 Å². The maximum atomic E-state index is 11.7. The Morgan fingerprint density at radius 1 is 1.13 bits per heavy atom. The quantitative estimate of drug-likeness (QED) is 0.726. The molecule has 0 radical (unpaired) electrons. The standard InChI is InChI=1S/C10H18N2O3/c1-11(2)9(13)12(10(14)15)8-6-4-3-5-7-8/h8H,3-7H2,1-2H3,(H,14,15). The fourth-order valence-electron chi connectivity index (χ4n) is 1.95. The maximum absolute atomic E-state index is 11.7. The van der Waals surface area contributed by atoms with E-state index in [0.717, 1.165) is 37.0 Å². The summed E-state index contributed by atoms with van der Waals surface area (Å²) in [5, 5.41) is 9.02. The molecule has 5 nitrogen and oxygen atoms in total. The van der Waals surface area contributed by atoms with Crippen LogP contribution in [-0.2, 0) is 0 Å². The highest BCUT2D eigenvalue weighted by Crippen LogP contribution is 2.23. The molecule has 0 unspecified atom stereocenters. The molecular weight excluding hydrogens is 196 g/mol. The molecule has 0 aromatic heterocycles. The summed E-state index contributed by atoms with van der Waals surface area (Å²) in [5.41, 5.74) is 0.